The van der Waals surface area contributed by atoms with Gasteiger partial charge in [0.05, 0.1) is 22.6 Å². The fraction of sp³-hybridized carbons (Fsp3) is 0.941. The molecule has 0 rings (SSSR count). The molecule has 0 unspecified atom stereocenters. The SMILES string of the molecule is CC(C)[PH+](CC[N-]CC[PH+](C(C)C)C(C)C)C(C)C.[CH-]=O.[FeH][Br]. The third-order valence-electron chi connectivity index (χ3n) is 4.08. The Kier molecular flexibility index (Phi) is 25.2. The molecule has 0 aromatic rings. The van der Waals surface area contributed by atoms with Crippen molar-refractivity contribution in [3.05, 3.63) is 5.32 Å². The number of hydrogen-bond donors (Lipinski definition) is 0. The van der Waals surface area contributed by atoms with Gasteiger partial charge in [0.2, 0.25) is 0 Å². The van der Waals surface area contributed by atoms with Crippen molar-refractivity contribution >= 4 is 36.7 Å². The molecular weight excluding hydrogens is 432 g/mol. The molecule has 0 bridgehead atoms. The van der Waals surface area contributed by atoms with Gasteiger partial charge in [0, 0.05) is 28.2 Å². The molecule has 144 valence electrons. The van der Waals surface area contributed by atoms with E-state index in [1.54, 1.807) is 0 Å². The van der Waals surface area contributed by atoms with Gasteiger partial charge in [0.25, 0.3) is 0 Å². The van der Waals surface area contributed by atoms with Crippen LogP contribution in [0.3, 0.4) is 0 Å². The maximum atomic E-state index is 7.75. The van der Waals surface area contributed by atoms with E-state index in [0.29, 0.717) is 0 Å². The second-order valence-electron chi connectivity index (χ2n) is 6.94. The molecule has 6 heteroatoms. The summed E-state index contributed by atoms with van der Waals surface area (Å²) >= 11 is 5.50. The van der Waals surface area contributed by atoms with E-state index in [9.17, 15) is 0 Å². The second kappa shape index (κ2) is 19.8. The first-order valence-corrected chi connectivity index (χ1v) is 15.1. The summed E-state index contributed by atoms with van der Waals surface area (Å²) in [6.07, 6.45) is 2.76. The van der Waals surface area contributed by atoms with Crippen LogP contribution in [0.1, 0.15) is 55.4 Å². The predicted molar refractivity (Wildman–Crippen MR) is 117 cm³/mol. The summed E-state index contributed by atoms with van der Waals surface area (Å²) < 4.78 is 0. The summed E-state index contributed by atoms with van der Waals surface area (Å²) in [6.45, 7) is 24.7. The minimum atomic E-state index is -0.197. The van der Waals surface area contributed by atoms with Crippen LogP contribution >= 0.6 is 30.0 Å². The maximum absolute atomic E-state index is 7.75. The standard InChI is InChI=1S/C16H36NP2.CHO.BrH.Fe.H/c1-13(2)18(14(3)4)11-9-17-10-12-19(15(5)6)16(7)8;1-2;;;/h13-16H,9-12H2,1-8H3;1H;1H;;/q2*-1;;+1;/p+1. The fourth-order valence-corrected chi connectivity index (χ4v) is 8.82. The molecule has 0 saturated heterocycles. The zero-order valence-electron chi connectivity index (χ0n) is 16.3. The number of carbonyl (C=O) groups excluding carboxylic acids is 1. The van der Waals surface area contributed by atoms with Crippen LogP contribution in [0.4, 0.5) is 0 Å². The number of nitrogens with zero attached hydrogens (tertiary/aromatic N) is 1. The average molecular weight is 472 g/mol. The first-order chi connectivity index (χ1) is 10.8. The Balaban J connectivity index is -0.000000919. The summed E-state index contributed by atoms with van der Waals surface area (Å²) in [7, 11) is -0.394. The normalized spacial score (nSPS) is 11.2. The van der Waals surface area contributed by atoms with Crippen molar-refractivity contribution in [2.45, 2.75) is 78.0 Å². The summed E-state index contributed by atoms with van der Waals surface area (Å²) in [6, 6.07) is 0. The molecule has 0 fully saturated rings. The van der Waals surface area contributed by atoms with Crippen LogP contribution in [0.5, 0.6) is 0 Å². The Morgan fingerprint density at radius 1 is 0.739 bits per heavy atom. The number of rotatable bonds is 10. The number of halogens is 1. The summed E-state index contributed by atoms with van der Waals surface area (Å²) in [5.74, 6) is 0. The van der Waals surface area contributed by atoms with Crippen molar-refractivity contribution in [3.63, 3.8) is 0 Å². The molecule has 23 heavy (non-hydrogen) atoms. The van der Waals surface area contributed by atoms with Crippen molar-refractivity contribution in [2.24, 2.45) is 0 Å². The Bertz CT molecular complexity index is 207. The van der Waals surface area contributed by atoms with Crippen LogP contribution in [0.2, 0.25) is 0 Å². The van der Waals surface area contributed by atoms with Crippen molar-refractivity contribution in [3.8, 4) is 0 Å². The molecule has 0 N–H and O–H groups in total. The van der Waals surface area contributed by atoms with E-state index >= 15 is 0 Å². The van der Waals surface area contributed by atoms with E-state index < -0.39 is 0 Å². The molecule has 0 saturated carbocycles. The van der Waals surface area contributed by atoms with Gasteiger partial charge in [0.1, 0.15) is 0 Å². The van der Waals surface area contributed by atoms with Gasteiger partial charge in [-0.1, -0.05) is 0 Å². The van der Waals surface area contributed by atoms with Gasteiger partial charge >= 0.3 is 28.3 Å². The Hall–Kier alpha value is 1.49. The first kappa shape index (κ1) is 29.3. The topological polar surface area (TPSA) is 31.2 Å². The summed E-state index contributed by atoms with van der Waals surface area (Å²) in [5, 5.41) is 4.83. The van der Waals surface area contributed by atoms with Gasteiger partial charge in [-0.2, -0.15) is 0 Å². The molecule has 0 aromatic heterocycles. The molecule has 0 amide bonds. The quantitative estimate of drug-likeness (QED) is 0.132. The van der Waals surface area contributed by atoms with E-state index in [0.717, 1.165) is 35.7 Å². The third-order valence-corrected chi connectivity index (χ3v) is 11.6. The molecule has 0 aliphatic heterocycles. The van der Waals surface area contributed by atoms with Crippen LogP contribution in [-0.2, 0) is 19.0 Å². The Labute approximate surface area is 164 Å². The monoisotopic (exact) mass is 471 g/mol. The van der Waals surface area contributed by atoms with Crippen molar-refractivity contribution < 1.29 is 19.0 Å². The Morgan fingerprint density at radius 2 is 0.957 bits per heavy atom. The van der Waals surface area contributed by atoms with Crippen LogP contribution in [0.25, 0.3) is 5.32 Å². The zero-order valence-corrected chi connectivity index (χ0v) is 21.1. The Morgan fingerprint density at radius 3 is 1.13 bits per heavy atom. The third kappa shape index (κ3) is 16.7. The molecule has 0 heterocycles. The molecule has 0 aromatic carbocycles. The second-order valence-corrected chi connectivity index (χ2v) is 14.9. The molecular formula is C17H40BrFeNOP2. The van der Waals surface area contributed by atoms with Gasteiger partial charge in [-0.05, 0) is 55.4 Å². The fourth-order valence-electron chi connectivity index (χ4n) is 3.02. The van der Waals surface area contributed by atoms with E-state index in [-0.39, 0.29) is 15.8 Å². The van der Waals surface area contributed by atoms with Gasteiger partial charge in [0.15, 0.2) is 0 Å². The van der Waals surface area contributed by atoms with E-state index in [2.05, 4.69) is 90.5 Å². The predicted octanol–water partition coefficient (Wildman–Crippen LogP) is 5.72. The van der Waals surface area contributed by atoms with Crippen LogP contribution in [0.15, 0.2) is 0 Å². The van der Waals surface area contributed by atoms with Crippen molar-refractivity contribution in [2.75, 3.05) is 25.4 Å². The van der Waals surface area contributed by atoms with Crippen molar-refractivity contribution in [1.82, 2.24) is 0 Å². The van der Waals surface area contributed by atoms with Crippen LogP contribution in [-0.4, -0.2) is 54.8 Å². The van der Waals surface area contributed by atoms with Gasteiger partial charge < -0.3 is 10.1 Å². The summed E-state index contributed by atoms with van der Waals surface area (Å²) in [4.78, 5) is 7.75. The van der Waals surface area contributed by atoms with E-state index in [1.165, 1.54) is 12.3 Å². The zero-order chi connectivity index (χ0) is 19.0. The molecule has 0 aliphatic carbocycles. The van der Waals surface area contributed by atoms with Gasteiger partial charge in [-0.3, -0.25) is 6.79 Å². The molecule has 0 atom stereocenters. The van der Waals surface area contributed by atoms with E-state index in [1.807, 2.05) is 0 Å². The van der Waals surface area contributed by atoms with E-state index in [4.69, 9.17) is 10.1 Å². The molecule has 2 nitrogen and oxygen atoms in total. The molecule has 0 aliphatic rings. The average Bonchev–Trinajstić information content (AvgIpc) is 2.48. The molecule has 0 spiro atoms. The summed E-state index contributed by atoms with van der Waals surface area (Å²) in [5.41, 5.74) is 3.58. The number of hydrogen-bond acceptors (Lipinski definition) is 1. The molecule has 0 radical (unpaired) electrons. The van der Waals surface area contributed by atoms with Crippen LogP contribution < -0.4 is 0 Å². The minimum absolute atomic E-state index is 0.197. The van der Waals surface area contributed by atoms with Gasteiger partial charge in [-0.15, -0.1) is 13.1 Å². The first-order valence-electron chi connectivity index (χ1n) is 8.49. The van der Waals surface area contributed by atoms with Crippen molar-refractivity contribution in [1.29, 1.82) is 0 Å². The van der Waals surface area contributed by atoms with Gasteiger partial charge in [-0.25, -0.2) is 0 Å². The van der Waals surface area contributed by atoms with Crippen LogP contribution in [0, 0.1) is 0 Å².